The zero-order chi connectivity index (χ0) is 21.9. The monoisotopic (exact) mass is 415 g/mol. The van der Waals surface area contributed by atoms with Crippen molar-refractivity contribution in [1.29, 1.82) is 0 Å². The average Bonchev–Trinajstić information content (AvgIpc) is 2.80. The maximum atomic E-state index is 12.6. The molecule has 3 N–H and O–H groups in total. The van der Waals surface area contributed by atoms with Crippen LogP contribution in [-0.4, -0.2) is 30.8 Å². The summed E-state index contributed by atoms with van der Waals surface area (Å²) >= 11 is 0. The molecule has 3 amide bonds. The summed E-state index contributed by atoms with van der Waals surface area (Å²) in [5.74, 6) is -1.86. The zero-order valence-electron chi connectivity index (χ0n) is 17.1. The highest BCUT2D eigenvalue weighted by Crippen LogP contribution is 2.15. The summed E-state index contributed by atoms with van der Waals surface area (Å²) in [5, 5.41) is 7.99. The van der Waals surface area contributed by atoms with Gasteiger partial charge in [0.15, 0.2) is 0 Å². The number of hydrogen-bond donors (Lipinski definition) is 3. The first kappa shape index (κ1) is 21.8. The van der Waals surface area contributed by atoms with E-state index in [1.165, 1.54) is 0 Å². The fourth-order valence-corrected chi connectivity index (χ4v) is 3.07. The van der Waals surface area contributed by atoms with Gasteiger partial charge < -0.3 is 16.0 Å². The maximum Gasteiger partial charge on any atom is 0.313 e. The Morgan fingerprint density at radius 2 is 1.10 bits per heavy atom. The molecule has 3 aromatic carbocycles. The van der Waals surface area contributed by atoms with E-state index in [2.05, 4.69) is 16.0 Å². The molecule has 0 unspecified atom stereocenters. The van der Waals surface area contributed by atoms with Gasteiger partial charge in [-0.1, -0.05) is 72.8 Å². The molecule has 3 rings (SSSR count). The first-order valence-corrected chi connectivity index (χ1v) is 10.2. The summed E-state index contributed by atoms with van der Waals surface area (Å²) in [5.41, 5.74) is 2.79. The summed E-state index contributed by atoms with van der Waals surface area (Å²) in [4.78, 5) is 37.0. The standard InChI is InChI=1S/C25H25N3O3/c29-23(26-17-15-19-9-3-1-4-10-19)21-13-7-8-14-22(21)28-25(31)24(30)27-18-16-20-11-5-2-6-12-20/h1-14H,15-18H2,(H,26,29)(H,27,30)(H,28,31). The Bertz CT molecular complexity index is 1020. The van der Waals surface area contributed by atoms with Crippen LogP contribution in [-0.2, 0) is 22.4 Å². The quantitative estimate of drug-likeness (QED) is 0.495. The number of amides is 3. The smallest absolute Gasteiger partial charge is 0.313 e. The highest BCUT2D eigenvalue weighted by molar-refractivity contribution is 6.40. The lowest BCUT2D eigenvalue weighted by Gasteiger charge is -2.11. The lowest BCUT2D eigenvalue weighted by Crippen LogP contribution is -2.37. The van der Waals surface area contributed by atoms with E-state index >= 15 is 0 Å². The van der Waals surface area contributed by atoms with Gasteiger partial charge in [0, 0.05) is 13.1 Å². The van der Waals surface area contributed by atoms with Crippen LogP contribution >= 0.6 is 0 Å². The van der Waals surface area contributed by atoms with Crippen LogP contribution in [0.2, 0.25) is 0 Å². The fraction of sp³-hybridized carbons (Fsp3) is 0.160. The fourth-order valence-electron chi connectivity index (χ4n) is 3.07. The molecule has 158 valence electrons. The highest BCUT2D eigenvalue weighted by Gasteiger charge is 2.17. The van der Waals surface area contributed by atoms with Gasteiger partial charge in [0.2, 0.25) is 0 Å². The number of carbonyl (C=O) groups excluding carboxylic acids is 3. The molecule has 0 saturated heterocycles. The van der Waals surface area contributed by atoms with E-state index in [1.54, 1.807) is 24.3 Å². The van der Waals surface area contributed by atoms with Crippen LogP contribution in [0.1, 0.15) is 21.5 Å². The molecule has 0 aliphatic carbocycles. The van der Waals surface area contributed by atoms with Crippen molar-refractivity contribution in [1.82, 2.24) is 10.6 Å². The van der Waals surface area contributed by atoms with E-state index in [0.717, 1.165) is 11.1 Å². The minimum Gasteiger partial charge on any atom is -0.352 e. The van der Waals surface area contributed by atoms with Crippen LogP contribution < -0.4 is 16.0 Å². The van der Waals surface area contributed by atoms with Gasteiger partial charge >= 0.3 is 11.8 Å². The van der Waals surface area contributed by atoms with Crippen LogP contribution in [0.4, 0.5) is 5.69 Å². The number of carbonyl (C=O) groups is 3. The SMILES string of the molecule is O=C(NCCc1ccccc1)C(=O)Nc1ccccc1C(=O)NCCc1ccccc1. The molecular formula is C25H25N3O3. The molecular weight excluding hydrogens is 390 g/mol. The van der Waals surface area contributed by atoms with Gasteiger partial charge in [0.1, 0.15) is 0 Å². The number of rotatable bonds is 8. The molecule has 31 heavy (non-hydrogen) atoms. The van der Waals surface area contributed by atoms with Crippen LogP contribution in [0.5, 0.6) is 0 Å². The molecule has 3 aromatic rings. The number of nitrogens with one attached hydrogen (secondary N) is 3. The average molecular weight is 415 g/mol. The number of anilines is 1. The summed E-state index contributed by atoms with van der Waals surface area (Å²) in [6, 6.07) is 26.1. The summed E-state index contributed by atoms with van der Waals surface area (Å²) in [6.07, 6.45) is 1.32. The van der Waals surface area contributed by atoms with Crippen LogP contribution in [0.25, 0.3) is 0 Å². The molecule has 0 aliphatic heterocycles. The van der Waals surface area contributed by atoms with E-state index in [1.807, 2.05) is 60.7 Å². The Balaban J connectivity index is 1.51. The third kappa shape index (κ3) is 6.82. The van der Waals surface area contributed by atoms with E-state index < -0.39 is 11.8 Å². The molecule has 0 spiro atoms. The third-order valence-electron chi connectivity index (χ3n) is 4.71. The summed E-state index contributed by atoms with van der Waals surface area (Å²) < 4.78 is 0. The largest absolute Gasteiger partial charge is 0.352 e. The van der Waals surface area contributed by atoms with Crippen molar-refractivity contribution in [3.8, 4) is 0 Å². The topological polar surface area (TPSA) is 87.3 Å². The van der Waals surface area contributed by atoms with Gasteiger partial charge in [-0.3, -0.25) is 14.4 Å². The van der Waals surface area contributed by atoms with Gasteiger partial charge in [0.05, 0.1) is 11.3 Å². The normalized spacial score (nSPS) is 10.2. The van der Waals surface area contributed by atoms with Crippen molar-refractivity contribution in [2.45, 2.75) is 12.8 Å². The van der Waals surface area contributed by atoms with Gasteiger partial charge in [0.25, 0.3) is 5.91 Å². The predicted molar refractivity (Wildman–Crippen MR) is 121 cm³/mol. The maximum absolute atomic E-state index is 12.6. The van der Waals surface area contributed by atoms with E-state index in [0.29, 0.717) is 37.2 Å². The number of benzene rings is 3. The second kappa shape index (κ2) is 11.3. The third-order valence-corrected chi connectivity index (χ3v) is 4.71. The Morgan fingerprint density at radius 3 is 1.71 bits per heavy atom. The van der Waals surface area contributed by atoms with Crippen molar-refractivity contribution in [3.05, 3.63) is 102 Å². The minimum absolute atomic E-state index is 0.294. The lowest BCUT2D eigenvalue weighted by molar-refractivity contribution is -0.136. The Labute approximate surface area is 181 Å². The Kier molecular flexibility index (Phi) is 7.94. The Hall–Kier alpha value is -3.93. The molecule has 0 aromatic heterocycles. The van der Waals surface area contributed by atoms with Crippen LogP contribution in [0, 0.1) is 0 Å². The van der Waals surface area contributed by atoms with Crippen LogP contribution in [0.3, 0.4) is 0 Å². The molecule has 6 nitrogen and oxygen atoms in total. The van der Waals surface area contributed by atoms with Gasteiger partial charge in [-0.05, 0) is 36.1 Å². The second-order valence-electron chi connectivity index (χ2n) is 6.98. The Morgan fingerprint density at radius 1 is 0.581 bits per heavy atom. The molecule has 6 heteroatoms. The number of hydrogen-bond acceptors (Lipinski definition) is 3. The van der Waals surface area contributed by atoms with Crippen molar-refractivity contribution < 1.29 is 14.4 Å². The van der Waals surface area contributed by atoms with E-state index in [4.69, 9.17) is 0 Å². The van der Waals surface area contributed by atoms with Gasteiger partial charge in [-0.25, -0.2) is 0 Å². The molecule has 0 atom stereocenters. The second-order valence-corrected chi connectivity index (χ2v) is 6.98. The predicted octanol–water partition coefficient (Wildman–Crippen LogP) is 2.96. The molecule has 0 bridgehead atoms. The van der Waals surface area contributed by atoms with Crippen molar-refractivity contribution in [3.63, 3.8) is 0 Å². The van der Waals surface area contributed by atoms with Crippen molar-refractivity contribution in [2.75, 3.05) is 18.4 Å². The van der Waals surface area contributed by atoms with Gasteiger partial charge in [-0.2, -0.15) is 0 Å². The highest BCUT2D eigenvalue weighted by atomic mass is 16.2. The molecule has 0 aliphatic rings. The lowest BCUT2D eigenvalue weighted by atomic mass is 10.1. The molecule has 0 fully saturated rings. The molecule has 0 heterocycles. The summed E-state index contributed by atoms with van der Waals surface area (Å²) in [6.45, 7) is 0.809. The van der Waals surface area contributed by atoms with Gasteiger partial charge in [-0.15, -0.1) is 0 Å². The minimum atomic E-state index is -0.808. The molecule has 0 saturated carbocycles. The van der Waals surface area contributed by atoms with E-state index in [9.17, 15) is 14.4 Å². The van der Waals surface area contributed by atoms with Crippen molar-refractivity contribution >= 4 is 23.4 Å². The zero-order valence-corrected chi connectivity index (χ0v) is 17.1. The first-order chi connectivity index (χ1) is 15.1. The van der Waals surface area contributed by atoms with Crippen LogP contribution in [0.15, 0.2) is 84.9 Å². The first-order valence-electron chi connectivity index (χ1n) is 10.2. The summed E-state index contributed by atoms with van der Waals surface area (Å²) in [7, 11) is 0. The van der Waals surface area contributed by atoms with Crippen molar-refractivity contribution in [2.24, 2.45) is 0 Å². The van der Waals surface area contributed by atoms with E-state index in [-0.39, 0.29) is 5.91 Å². The molecule has 0 radical (unpaired) electrons. The number of para-hydroxylation sites is 1.